The van der Waals surface area contributed by atoms with Gasteiger partial charge in [0.1, 0.15) is 0 Å². The zero-order valence-electron chi connectivity index (χ0n) is 12.6. The van der Waals surface area contributed by atoms with E-state index >= 15 is 0 Å². The maximum Gasteiger partial charge on any atom is 0.165 e. The van der Waals surface area contributed by atoms with Crippen LogP contribution in [0, 0.1) is 11.3 Å². The molecule has 0 amide bonds. The van der Waals surface area contributed by atoms with E-state index in [4.69, 9.17) is 4.74 Å². The lowest BCUT2D eigenvalue weighted by molar-refractivity contribution is -0.126. The van der Waals surface area contributed by atoms with Crippen molar-refractivity contribution in [2.45, 2.75) is 52.1 Å². The summed E-state index contributed by atoms with van der Waals surface area (Å²) in [7, 11) is 1.60. The number of ether oxygens (including phenoxy) is 1. The van der Waals surface area contributed by atoms with Crippen molar-refractivity contribution in [1.29, 1.82) is 0 Å². The van der Waals surface area contributed by atoms with Crippen LogP contribution in [0.3, 0.4) is 0 Å². The Balaban J connectivity index is 2.86. The Morgan fingerprint density at radius 3 is 2.70 bits per heavy atom. The number of halogens is 1. The average molecular weight is 345 g/mol. The number of hydrogen-bond acceptors (Lipinski definition) is 3. The summed E-state index contributed by atoms with van der Waals surface area (Å²) >= 11 is 3.38. The minimum absolute atomic E-state index is 0.0946. The number of ketones is 1. The fourth-order valence-corrected chi connectivity index (χ4v) is 3.19. The summed E-state index contributed by atoms with van der Waals surface area (Å²) in [4.78, 5) is 12.5. The van der Waals surface area contributed by atoms with E-state index in [1.165, 1.54) is 0 Å². The van der Waals surface area contributed by atoms with Crippen LogP contribution in [0.4, 0.5) is 0 Å². The highest BCUT2D eigenvalue weighted by Crippen LogP contribution is 2.43. The van der Waals surface area contributed by atoms with Crippen LogP contribution in [0.5, 0.6) is 0 Å². The molecular weight excluding hydrogens is 320 g/mol. The van der Waals surface area contributed by atoms with Gasteiger partial charge in [-0.1, -0.05) is 36.4 Å². The summed E-state index contributed by atoms with van der Waals surface area (Å²) in [5, 5.41) is 10.0. The topological polar surface area (TPSA) is 46.5 Å². The second-order valence-electron chi connectivity index (χ2n) is 6.00. The van der Waals surface area contributed by atoms with E-state index in [9.17, 15) is 9.90 Å². The van der Waals surface area contributed by atoms with Gasteiger partial charge in [-0.25, -0.2) is 0 Å². The molecule has 0 radical (unpaired) electrons. The third-order valence-electron chi connectivity index (χ3n) is 4.15. The summed E-state index contributed by atoms with van der Waals surface area (Å²) in [6.45, 7) is 7.86. The summed E-state index contributed by atoms with van der Waals surface area (Å²) < 4.78 is 6.01. The molecule has 1 aliphatic carbocycles. The Morgan fingerprint density at radius 1 is 1.60 bits per heavy atom. The van der Waals surface area contributed by atoms with Gasteiger partial charge in [0.2, 0.25) is 0 Å². The van der Waals surface area contributed by atoms with Gasteiger partial charge in [0.15, 0.2) is 5.78 Å². The van der Waals surface area contributed by atoms with E-state index in [1.807, 2.05) is 13.8 Å². The van der Waals surface area contributed by atoms with Gasteiger partial charge in [-0.2, -0.15) is 0 Å². The third-order valence-corrected chi connectivity index (χ3v) is 4.43. The molecule has 0 heterocycles. The molecule has 1 rings (SSSR count). The number of rotatable bonds is 7. The predicted octanol–water partition coefficient (Wildman–Crippen LogP) is 3.96. The molecule has 2 atom stereocenters. The highest BCUT2D eigenvalue weighted by molar-refractivity contribution is 9.11. The van der Waals surface area contributed by atoms with E-state index in [2.05, 4.69) is 22.5 Å². The Bertz CT molecular complexity index is 401. The minimum Gasteiger partial charge on any atom is -0.501 e. The largest absolute Gasteiger partial charge is 0.501 e. The van der Waals surface area contributed by atoms with Gasteiger partial charge < -0.3 is 9.84 Å². The van der Waals surface area contributed by atoms with Crippen LogP contribution in [0.1, 0.15) is 46.0 Å². The molecule has 3 nitrogen and oxygen atoms in total. The third kappa shape index (κ3) is 4.45. The van der Waals surface area contributed by atoms with Gasteiger partial charge in [0.25, 0.3) is 0 Å². The van der Waals surface area contributed by atoms with Crippen LogP contribution in [0.25, 0.3) is 0 Å². The van der Waals surface area contributed by atoms with Crippen LogP contribution in [0.15, 0.2) is 22.9 Å². The molecule has 114 valence electrons. The monoisotopic (exact) mass is 344 g/mol. The van der Waals surface area contributed by atoms with Crippen LogP contribution >= 0.6 is 15.9 Å². The van der Waals surface area contributed by atoms with Crippen molar-refractivity contribution in [1.82, 2.24) is 0 Å². The minimum atomic E-state index is -0.446. The van der Waals surface area contributed by atoms with Gasteiger partial charge in [0, 0.05) is 17.9 Å². The number of allylic oxidation sites excluding steroid dienone is 3. The molecule has 0 saturated carbocycles. The molecule has 0 bridgehead atoms. The first-order valence-electron chi connectivity index (χ1n) is 7.11. The lowest BCUT2D eigenvalue weighted by atomic mass is 9.69. The van der Waals surface area contributed by atoms with Crippen molar-refractivity contribution in [2.75, 3.05) is 7.11 Å². The fourth-order valence-electron chi connectivity index (χ4n) is 2.65. The van der Waals surface area contributed by atoms with Gasteiger partial charge in [-0.05, 0) is 36.1 Å². The molecule has 0 aromatic heterocycles. The van der Waals surface area contributed by atoms with Crippen LogP contribution < -0.4 is 0 Å². The number of methoxy groups -OCH3 is 1. The lowest BCUT2D eigenvalue weighted by Crippen LogP contribution is -2.35. The van der Waals surface area contributed by atoms with Crippen molar-refractivity contribution < 1.29 is 14.6 Å². The highest BCUT2D eigenvalue weighted by atomic mass is 79.9. The Morgan fingerprint density at radius 2 is 2.25 bits per heavy atom. The summed E-state index contributed by atoms with van der Waals surface area (Å²) in [6.07, 6.45) is 4.70. The van der Waals surface area contributed by atoms with Crippen molar-refractivity contribution in [3.05, 3.63) is 22.9 Å². The maximum atomic E-state index is 12.5. The quantitative estimate of drug-likeness (QED) is 0.760. The second kappa shape index (κ2) is 7.41. The second-order valence-corrected chi connectivity index (χ2v) is 7.12. The number of carbonyl (C=O) groups is 1. The van der Waals surface area contributed by atoms with Crippen molar-refractivity contribution in [3.63, 3.8) is 0 Å². The normalized spacial score (nSPS) is 24.5. The molecule has 1 N–H and O–H groups in total. The number of hydrogen-bond donors (Lipinski definition) is 1. The Hall–Kier alpha value is -0.610. The first kappa shape index (κ1) is 17.4. The summed E-state index contributed by atoms with van der Waals surface area (Å²) in [5.41, 5.74) is -0.446. The van der Waals surface area contributed by atoms with E-state index in [-0.39, 0.29) is 17.8 Å². The van der Waals surface area contributed by atoms with Crippen molar-refractivity contribution in [2.24, 2.45) is 11.3 Å². The molecule has 0 fully saturated rings. The van der Waals surface area contributed by atoms with E-state index < -0.39 is 5.41 Å². The molecule has 0 aromatic rings. The first-order valence-corrected chi connectivity index (χ1v) is 7.90. The summed E-state index contributed by atoms with van der Waals surface area (Å²) in [5.74, 6) is 1.05. The SMILES string of the molecule is C=C(Br)C[C@]1(CC[C@H](O)C(C)C)CCC(OC)=CC1=O. The number of aliphatic hydroxyl groups excluding tert-OH is 1. The van der Waals surface area contributed by atoms with Crippen LogP contribution in [-0.2, 0) is 9.53 Å². The summed E-state index contributed by atoms with van der Waals surface area (Å²) in [6, 6.07) is 0. The lowest BCUT2D eigenvalue weighted by Gasteiger charge is -2.35. The van der Waals surface area contributed by atoms with Gasteiger partial charge in [-0.15, -0.1) is 0 Å². The predicted molar refractivity (Wildman–Crippen MR) is 84.5 cm³/mol. The standard InChI is InChI=1S/C16H25BrO3/c1-11(2)14(18)6-8-16(10-12(3)17)7-5-13(20-4)9-15(16)19/h9,11,14,18H,3,5-8,10H2,1-2,4H3/t14-,16+/m0/s1. The molecule has 0 aromatic carbocycles. The smallest absolute Gasteiger partial charge is 0.165 e. The first-order chi connectivity index (χ1) is 9.30. The molecular formula is C16H25BrO3. The van der Waals surface area contributed by atoms with Crippen LogP contribution in [-0.4, -0.2) is 24.1 Å². The van der Waals surface area contributed by atoms with Gasteiger partial charge in [0.05, 0.1) is 19.0 Å². The van der Waals surface area contributed by atoms with E-state index in [1.54, 1.807) is 13.2 Å². The highest BCUT2D eigenvalue weighted by Gasteiger charge is 2.40. The van der Waals surface area contributed by atoms with E-state index in [0.717, 1.165) is 23.1 Å². The molecule has 20 heavy (non-hydrogen) atoms. The zero-order valence-corrected chi connectivity index (χ0v) is 14.2. The molecule has 0 aliphatic heterocycles. The maximum absolute atomic E-state index is 12.5. The fraction of sp³-hybridized carbons (Fsp3) is 0.688. The van der Waals surface area contributed by atoms with Crippen LogP contribution in [0.2, 0.25) is 0 Å². The van der Waals surface area contributed by atoms with Crippen molar-refractivity contribution in [3.8, 4) is 0 Å². The molecule has 0 unspecified atom stereocenters. The molecule has 1 aliphatic rings. The molecule has 0 spiro atoms. The Labute approximate surface area is 130 Å². The zero-order chi connectivity index (χ0) is 15.3. The van der Waals surface area contributed by atoms with Gasteiger partial charge in [-0.3, -0.25) is 4.79 Å². The molecule has 4 heteroatoms. The number of aliphatic hydroxyl groups is 1. The Kier molecular flexibility index (Phi) is 6.46. The number of carbonyl (C=O) groups excluding carboxylic acids is 1. The van der Waals surface area contributed by atoms with Gasteiger partial charge >= 0.3 is 0 Å². The molecule has 0 saturated heterocycles. The van der Waals surface area contributed by atoms with E-state index in [0.29, 0.717) is 19.3 Å². The van der Waals surface area contributed by atoms with Crippen molar-refractivity contribution >= 4 is 21.7 Å². The average Bonchev–Trinajstić information content (AvgIpc) is 2.38.